The molecule has 1 aliphatic heterocycles. The number of nitro groups is 1. The number of benzene rings is 1. The Bertz CT molecular complexity index is 525. The average Bonchev–Trinajstić information content (AvgIpc) is 2.52. The van der Waals surface area contributed by atoms with Gasteiger partial charge in [-0.3, -0.25) is 14.9 Å². The Morgan fingerprint density at radius 1 is 1.33 bits per heavy atom. The number of hydrogen-bond acceptors (Lipinski definition) is 4. The quantitative estimate of drug-likeness (QED) is 0.668. The van der Waals surface area contributed by atoms with Crippen molar-refractivity contribution in [3.63, 3.8) is 0 Å². The van der Waals surface area contributed by atoms with Crippen molar-refractivity contribution in [1.29, 1.82) is 0 Å². The molecule has 0 atom stereocenters. The third kappa shape index (κ3) is 3.71. The maximum atomic E-state index is 12.3. The minimum atomic E-state index is -0.462. The normalized spacial score (nSPS) is 14.8. The number of nitrogens with zero attached hydrogens (tertiary/aromatic N) is 2. The Labute approximate surface area is 124 Å². The summed E-state index contributed by atoms with van der Waals surface area (Å²) >= 11 is 0. The number of carbonyl (C=O) groups is 1. The summed E-state index contributed by atoms with van der Waals surface area (Å²) in [5.74, 6) is -0.235. The van der Waals surface area contributed by atoms with E-state index >= 15 is 0 Å². The number of nitrogens with one attached hydrogen (secondary N) is 1. The predicted octanol–water partition coefficient (Wildman–Crippen LogP) is 2.72. The van der Waals surface area contributed by atoms with Crippen LogP contribution in [0.15, 0.2) is 18.2 Å². The molecular weight excluding hydrogens is 270 g/mol. The molecule has 0 spiro atoms. The van der Waals surface area contributed by atoms with Crippen molar-refractivity contribution >= 4 is 17.3 Å². The number of piperidine rings is 1. The molecule has 6 heteroatoms. The van der Waals surface area contributed by atoms with Crippen molar-refractivity contribution < 1.29 is 9.72 Å². The van der Waals surface area contributed by atoms with Gasteiger partial charge in [-0.15, -0.1) is 0 Å². The number of rotatable bonds is 5. The molecule has 0 unspecified atom stereocenters. The zero-order valence-electron chi connectivity index (χ0n) is 12.3. The summed E-state index contributed by atoms with van der Waals surface area (Å²) in [5.41, 5.74) is 1.16. The second kappa shape index (κ2) is 7.06. The lowest BCUT2D eigenvalue weighted by atomic mass is 10.1. The van der Waals surface area contributed by atoms with Gasteiger partial charge >= 0.3 is 0 Å². The number of anilines is 1. The molecule has 0 bridgehead atoms. The van der Waals surface area contributed by atoms with E-state index in [0.29, 0.717) is 12.1 Å². The molecule has 0 aliphatic carbocycles. The summed E-state index contributed by atoms with van der Waals surface area (Å²) in [6.45, 7) is 4.33. The molecule has 1 heterocycles. The number of amides is 1. The summed E-state index contributed by atoms with van der Waals surface area (Å²) in [7, 11) is 0. The maximum Gasteiger partial charge on any atom is 0.270 e. The van der Waals surface area contributed by atoms with Gasteiger partial charge in [0.05, 0.1) is 16.2 Å². The van der Waals surface area contributed by atoms with Crippen LogP contribution in [0.3, 0.4) is 0 Å². The van der Waals surface area contributed by atoms with E-state index in [-0.39, 0.29) is 11.6 Å². The van der Waals surface area contributed by atoms with Crippen LogP contribution >= 0.6 is 0 Å². The van der Waals surface area contributed by atoms with Gasteiger partial charge in [-0.2, -0.15) is 0 Å². The fourth-order valence-corrected chi connectivity index (χ4v) is 2.56. The lowest BCUT2D eigenvalue weighted by Gasteiger charge is -2.30. The van der Waals surface area contributed by atoms with Gasteiger partial charge in [0.25, 0.3) is 11.6 Å². The van der Waals surface area contributed by atoms with E-state index in [2.05, 4.69) is 10.2 Å². The minimum Gasteiger partial charge on any atom is -0.371 e. The molecule has 1 saturated heterocycles. The Balaban J connectivity index is 2.33. The highest BCUT2D eigenvalue weighted by atomic mass is 16.6. The Morgan fingerprint density at radius 3 is 2.67 bits per heavy atom. The molecule has 114 valence electrons. The van der Waals surface area contributed by atoms with E-state index in [1.807, 2.05) is 6.92 Å². The van der Waals surface area contributed by atoms with Crippen molar-refractivity contribution in [2.24, 2.45) is 0 Å². The maximum absolute atomic E-state index is 12.3. The molecule has 1 N–H and O–H groups in total. The molecular formula is C15H21N3O3. The number of nitro benzene ring substituents is 1. The minimum absolute atomic E-state index is 0.0441. The standard InChI is InChI=1S/C15H21N3O3/c1-2-8-16-15(19)13-11-12(18(20)21)6-7-14(13)17-9-4-3-5-10-17/h6-7,11H,2-5,8-10H2,1H3,(H,16,19). The van der Waals surface area contributed by atoms with Crippen LogP contribution in [0.5, 0.6) is 0 Å². The molecule has 0 saturated carbocycles. The van der Waals surface area contributed by atoms with Crippen LogP contribution in [-0.2, 0) is 0 Å². The van der Waals surface area contributed by atoms with E-state index in [0.717, 1.165) is 38.0 Å². The molecule has 0 aromatic heterocycles. The highest BCUT2D eigenvalue weighted by Crippen LogP contribution is 2.28. The molecule has 1 fully saturated rings. The molecule has 1 aromatic rings. The van der Waals surface area contributed by atoms with Crippen molar-refractivity contribution in [2.45, 2.75) is 32.6 Å². The van der Waals surface area contributed by atoms with Gasteiger partial charge in [-0.1, -0.05) is 6.92 Å². The SMILES string of the molecule is CCCNC(=O)c1cc([N+](=O)[O-])ccc1N1CCCCC1. The fourth-order valence-electron chi connectivity index (χ4n) is 2.56. The van der Waals surface area contributed by atoms with Gasteiger partial charge in [0.1, 0.15) is 0 Å². The molecule has 1 amide bonds. The second-order valence-electron chi connectivity index (χ2n) is 5.26. The first-order chi connectivity index (χ1) is 10.1. The van der Waals surface area contributed by atoms with E-state index < -0.39 is 4.92 Å². The largest absolute Gasteiger partial charge is 0.371 e. The topological polar surface area (TPSA) is 75.5 Å². The van der Waals surface area contributed by atoms with Gasteiger partial charge in [-0.05, 0) is 31.7 Å². The molecule has 6 nitrogen and oxygen atoms in total. The van der Waals surface area contributed by atoms with Crippen LogP contribution in [0.1, 0.15) is 43.0 Å². The zero-order chi connectivity index (χ0) is 15.2. The third-order valence-electron chi connectivity index (χ3n) is 3.67. The first kappa shape index (κ1) is 15.3. The van der Waals surface area contributed by atoms with Crippen LogP contribution in [0.2, 0.25) is 0 Å². The third-order valence-corrected chi connectivity index (χ3v) is 3.67. The molecule has 0 radical (unpaired) electrons. The van der Waals surface area contributed by atoms with Crippen LogP contribution in [-0.4, -0.2) is 30.5 Å². The van der Waals surface area contributed by atoms with Crippen molar-refractivity contribution in [2.75, 3.05) is 24.5 Å². The van der Waals surface area contributed by atoms with E-state index in [9.17, 15) is 14.9 Å². The van der Waals surface area contributed by atoms with Crippen LogP contribution in [0, 0.1) is 10.1 Å². The highest BCUT2D eigenvalue weighted by molar-refractivity contribution is 6.00. The van der Waals surface area contributed by atoms with Crippen molar-refractivity contribution in [1.82, 2.24) is 5.32 Å². The average molecular weight is 291 g/mol. The number of carbonyl (C=O) groups excluding carboxylic acids is 1. The summed E-state index contributed by atoms with van der Waals surface area (Å²) < 4.78 is 0. The van der Waals surface area contributed by atoms with Gasteiger partial charge < -0.3 is 10.2 Å². The second-order valence-corrected chi connectivity index (χ2v) is 5.26. The van der Waals surface area contributed by atoms with Crippen LogP contribution in [0.25, 0.3) is 0 Å². The molecule has 1 aliphatic rings. The Hall–Kier alpha value is -2.11. The summed E-state index contributed by atoms with van der Waals surface area (Å²) in [6.07, 6.45) is 4.21. The Morgan fingerprint density at radius 2 is 2.05 bits per heavy atom. The smallest absolute Gasteiger partial charge is 0.270 e. The predicted molar refractivity (Wildman–Crippen MR) is 81.8 cm³/mol. The fraction of sp³-hybridized carbons (Fsp3) is 0.533. The summed E-state index contributed by atoms with van der Waals surface area (Å²) in [5, 5.41) is 13.7. The lowest BCUT2D eigenvalue weighted by molar-refractivity contribution is -0.384. The number of hydrogen-bond donors (Lipinski definition) is 1. The van der Waals surface area contributed by atoms with Gasteiger partial charge in [0.2, 0.25) is 0 Å². The first-order valence-corrected chi connectivity index (χ1v) is 7.45. The zero-order valence-corrected chi connectivity index (χ0v) is 12.3. The van der Waals surface area contributed by atoms with E-state index in [4.69, 9.17) is 0 Å². The lowest BCUT2D eigenvalue weighted by Crippen LogP contribution is -2.33. The van der Waals surface area contributed by atoms with Gasteiger partial charge in [-0.25, -0.2) is 0 Å². The first-order valence-electron chi connectivity index (χ1n) is 7.45. The van der Waals surface area contributed by atoms with Crippen molar-refractivity contribution in [3.05, 3.63) is 33.9 Å². The van der Waals surface area contributed by atoms with Gasteiger partial charge in [0, 0.05) is 31.8 Å². The monoisotopic (exact) mass is 291 g/mol. The van der Waals surface area contributed by atoms with Crippen molar-refractivity contribution in [3.8, 4) is 0 Å². The highest BCUT2D eigenvalue weighted by Gasteiger charge is 2.21. The Kier molecular flexibility index (Phi) is 5.14. The van der Waals surface area contributed by atoms with Gasteiger partial charge in [0.15, 0.2) is 0 Å². The summed E-state index contributed by atoms with van der Waals surface area (Å²) in [6, 6.07) is 4.56. The summed E-state index contributed by atoms with van der Waals surface area (Å²) in [4.78, 5) is 24.9. The van der Waals surface area contributed by atoms with E-state index in [1.165, 1.54) is 18.6 Å². The van der Waals surface area contributed by atoms with E-state index in [1.54, 1.807) is 6.07 Å². The van der Waals surface area contributed by atoms with Crippen LogP contribution < -0.4 is 10.2 Å². The molecule has 2 rings (SSSR count). The molecule has 1 aromatic carbocycles. The molecule has 21 heavy (non-hydrogen) atoms. The number of non-ortho nitro benzene ring substituents is 1. The van der Waals surface area contributed by atoms with Crippen LogP contribution in [0.4, 0.5) is 11.4 Å².